The van der Waals surface area contributed by atoms with Gasteiger partial charge in [-0.15, -0.1) is 0 Å². The number of hydrogen-bond donors (Lipinski definition) is 0. The first-order valence-electron chi connectivity index (χ1n) is 8.83. The highest BCUT2D eigenvalue weighted by Gasteiger charge is 2.26. The lowest BCUT2D eigenvalue weighted by Crippen LogP contribution is -2.39. The highest BCUT2D eigenvalue weighted by Crippen LogP contribution is 2.22. The third-order valence-corrected chi connectivity index (χ3v) is 4.67. The van der Waals surface area contributed by atoms with Gasteiger partial charge in [0.05, 0.1) is 5.69 Å². The van der Waals surface area contributed by atoms with Crippen molar-refractivity contribution in [2.45, 2.75) is 19.3 Å². The van der Waals surface area contributed by atoms with Gasteiger partial charge in [-0.3, -0.25) is 0 Å². The lowest BCUT2D eigenvalue weighted by Gasteiger charge is -2.31. The van der Waals surface area contributed by atoms with E-state index < -0.39 is 0 Å². The van der Waals surface area contributed by atoms with Gasteiger partial charge in [-0.2, -0.15) is 5.10 Å². The van der Waals surface area contributed by atoms with Gasteiger partial charge in [0.25, 0.3) is 0 Å². The monoisotopic (exact) mass is 356 g/mol. The molecule has 1 saturated heterocycles. The Bertz CT molecular complexity index is 817. The lowest BCUT2D eigenvalue weighted by molar-refractivity contribution is 0.0960. The largest absolute Gasteiger partial charge is 0.445 e. The predicted molar refractivity (Wildman–Crippen MR) is 98.4 cm³/mol. The molecule has 1 aromatic heterocycles. The van der Waals surface area contributed by atoms with Crippen molar-refractivity contribution in [1.29, 1.82) is 0 Å². The van der Waals surface area contributed by atoms with Crippen molar-refractivity contribution in [3.05, 3.63) is 59.3 Å². The van der Waals surface area contributed by atoms with Gasteiger partial charge in [0, 0.05) is 26.6 Å². The fourth-order valence-corrected chi connectivity index (χ4v) is 3.28. The molecule has 0 bridgehead atoms. The molecule has 0 saturated carbocycles. The quantitative estimate of drug-likeness (QED) is 0.770. The Labute approximate surface area is 152 Å². The van der Waals surface area contributed by atoms with Crippen LogP contribution in [0, 0.1) is 5.92 Å². The Hall–Kier alpha value is -2.83. The molecule has 1 aliphatic rings. The van der Waals surface area contributed by atoms with E-state index in [9.17, 15) is 9.59 Å². The van der Waals surface area contributed by atoms with Crippen LogP contribution < -0.4 is 5.69 Å². The number of amides is 1. The summed E-state index contributed by atoms with van der Waals surface area (Å²) in [5.41, 5.74) is 0.683. The summed E-state index contributed by atoms with van der Waals surface area (Å²) in [7, 11) is 1.67. The second-order valence-electron chi connectivity index (χ2n) is 6.49. The van der Waals surface area contributed by atoms with Crippen molar-refractivity contribution in [2.24, 2.45) is 13.0 Å². The molecular weight excluding hydrogens is 332 g/mol. The fraction of sp³-hybridized carbons (Fsp3) is 0.421. The maximum Gasteiger partial charge on any atom is 0.410 e. The Kier molecular flexibility index (Phi) is 5.55. The number of aromatic nitrogens is 3. The van der Waals surface area contributed by atoms with Crippen molar-refractivity contribution in [3.8, 4) is 5.69 Å². The fourth-order valence-electron chi connectivity index (χ4n) is 3.28. The molecule has 1 fully saturated rings. The number of carbonyl (C=O) groups is 1. The normalized spacial score (nSPS) is 15.0. The minimum Gasteiger partial charge on any atom is -0.445 e. The van der Waals surface area contributed by atoms with Crippen molar-refractivity contribution in [3.63, 3.8) is 0 Å². The van der Waals surface area contributed by atoms with Gasteiger partial charge in [0.1, 0.15) is 12.4 Å². The standard InChI is InChI=1S/C19H24N4O3/c1-3-13-26-19(25)22-11-9-15(10-12-22)14-17-20-21(2)18(24)23(17)16-7-5-4-6-8-16/h3-8,15H,1,9-14H2,2H3. The summed E-state index contributed by atoms with van der Waals surface area (Å²) in [6.07, 6.45) is 3.71. The summed E-state index contributed by atoms with van der Waals surface area (Å²) in [6.45, 7) is 5.09. The van der Waals surface area contributed by atoms with Gasteiger partial charge < -0.3 is 9.64 Å². The zero-order valence-electron chi connectivity index (χ0n) is 15.0. The molecule has 0 unspecified atom stereocenters. The number of para-hydroxylation sites is 1. The topological polar surface area (TPSA) is 69.4 Å². The van der Waals surface area contributed by atoms with Crippen molar-refractivity contribution in [2.75, 3.05) is 19.7 Å². The second-order valence-corrected chi connectivity index (χ2v) is 6.49. The number of carbonyl (C=O) groups excluding carboxylic acids is 1. The summed E-state index contributed by atoms with van der Waals surface area (Å²) in [5, 5.41) is 4.43. The van der Waals surface area contributed by atoms with Crippen LogP contribution in [0.1, 0.15) is 18.7 Å². The van der Waals surface area contributed by atoms with Crippen LogP contribution in [-0.2, 0) is 18.2 Å². The summed E-state index contributed by atoms with van der Waals surface area (Å²) in [4.78, 5) is 26.1. The van der Waals surface area contributed by atoms with Crippen LogP contribution >= 0.6 is 0 Å². The van der Waals surface area contributed by atoms with Gasteiger partial charge in [-0.05, 0) is 30.9 Å². The number of aryl methyl sites for hydroxylation is 1. The molecule has 2 aromatic rings. The van der Waals surface area contributed by atoms with Gasteiger partial charge in [0.15, 0.2) is 0 Å². The van der Waals surface area contributed by atoms with E-state index in [2.05, 4.69) is 11.7 Å². The Morgan fingerprint density at radius 2 is 2.00 bits per heavy atom. The zero-order valence-corrected chi connectivity index (χ0v) is 15.0. The molecule has 0 aliphatic carbocycles. The molecule has 138 valence electrons. The number of piperidine rings is 1. The third-order valence-electron chi connectivity index (χ3n) is 4.67. The molecule has 0 atom stereocenters. The molecule has 3 rings (SSSR count). The van der Waals surface area contributed by atoms with Crippen molar-refractivity contribution in [1.82, 2.24) is 19.2 Å². The van der Waals surface area contributed by atoms with Gasteiger partial charge >= 0.3 is 11.8 Å². The van der Waals surface area contributed by atoms with E-state index in [1.54, 1.807) is 22.6 Å². The van der Waals surface area contributed by atoms with Crippen LogP contribution in [0.3, 0.4) is 0 Å². The van der Waals surface area contributed by atoms with E-state index in [4.69, 9.17) is 4.74 Å². The molecule has 0 radical (unpaired) electrons. The molecule has 0 spiro atoms. The van der Waals surface area contributed by atoms with Crippen LogP contribution in [-0.4, -0.2) is 45.0 Å². The summed E-state index contributed by atoms with van der Waals surface area (Å²) in [6, 6.07) is 9.55. The first-order chi connectivity index (χ1) is 12.6. The maximum atomic E-state index is 12.5. The predicted octanol–water partition coefficient (Wildman–Crippen LogP) is 2.15. The summed E-state index contributed by atoms with van der Waals surface area (Å²) < 4.78 is 8.14. The van der Waals surface area contributed by atoms with E-state index in [-0.39, 0.29) is 18.4 Å². The van der Waals surface area contributed by atoms with Crippen LogP contribution in [0.15, 0.2) is 47.8 Å². The Balaban J connectivity index is 1.68. The molecule has 0 N–H and O–H groups in total. The van der Waals surface area contributed by atoms with E-state index >= 15 is 0 Å². The maximum absolute atomic E-state index is 12.5. The van der Waals surface area contributed by atoms with Gasteiger partial charge in [-0.1, -0.05) is 30.9 Å². The van der Waals surface area contributed by atoms with Crippen molar-refractivity contribution < 1.29 is 9.53 Å². The van der Waals surface area contributed by atoms with Crippen LogP contribution in [0.2, 0.25) is 0 Å². The average Bonchev–Trinajstić information content (AvgIpc) is 2.94. The van der Waals surface area contributed by atoms with E-state index in [0.717, 1.165) is 24.4 Å². The second kappa shape index (κ2) is 8.03. The number of benzene rings is 1. The number of ether oxygens (including phenoxy) is 1. The zero-order chi connectivity index (χ0) is 18.5. The summed E-state index contributed by atoms with van der Waals surface area (Å²) >= 11 is 0. The van der Waals surface area contributed by atoms with Crippen LogP contribution in [0.25, 0.3) is 5.69 Å². The molecule has 1 amide bonds. The number of hydrogen-bond acceptors (Lipinski definition) is 4. The van der Waals surface area contributed by atoms with E-state index in [1.165, 1.54) is 4.68 Å². The number of rotatable bonds is 5. The van der Waals surface area contributed by atoms with Crippen LogP contribution in [0.4, 0.5) is 4.79 Å². The lowest BCUT2D eigenvalue weighted by atomic mass is 9.93. The molecule has 2 heterocycles. The number of nitrogens with zero attached hydrogens (tertiary/aromatic N) is 4. The summed E-state index contributed by atoms with van der Waals surface area (Å²) in [5.74, 6) is 1.14. The van der Waals surface area contributed by atoms with Crippen molar-refractivity contribution >= 4 is 6.09 Å². The molecular formula is C19H24N4O3. The SMILES string of the molecule is C=CCOC(=O)N1CCC(Cc2nn(C)c(=O)n2-c2ccccc2)CC1. The van der Waals surface area contributed by atoms with Crippen LogP contribution in [0.5, 0.6) is 0 Å². The highest BCUT2D eigenvalue weighted by atomic mass is 16.6. The molecule has 1 aromatic carbocycles. The molecule has 7 heteroatoms. The smallest absolute Gasteiger partial charge is 0.410 e. The Morgan fingerprint density at radius 3 is 2.65 bits per heavy atom. The van der Waals surface area contributed by atoms with Gasteiger partial charge in [-0.25, -0.2) is 18.8 Å². The van der Waals surface area contributed by atoms with Gasteiger partial charge in [0.2, 0.25) is 0 Å². The minimum absolute atomic E-state index is 0.142. The first kappa shape index (κ1) is 18.0. The van der Waals surface area contributed by atoms with E-state index in [1.807, 2.05) is 30.3 Å². The molecule has 26 heavy (non-hydrogen) atoms. The number of likely N-dealkylation sites (tertiary alicyclic amines) is 1. The highest BCUT2D eigenvalue weighted by molar-refractivity contribution is 5.67. The average molecular weight is 356 g/mol. The molecule has 1 aliphatic heterocycles. The first-order valence-corrected chi connectivity index (χ1v) is 8.83. The third kappa shape index (κ3) is 3.87. The minimum atomic E-state index is -0.289. The molecule has 7 nitrogen and oxygen atoms in total. The van der Waals surface area contributed by atoms with E-state index in [0.29, 0.717) is 25.4 Å². The Morgan fingerprint density at radius 1 is 1.31 bits per heavy atom.